The second kappa shape index (κ2) is 25.7. The van der Waals surface area contributed by atoms with Gasteiger partial charge < -0.3 is 63.8 Å². The van der Waals surface area contributed by atoms with Gasteiger partial charge in [-0.3, -0.25) is 4.79 Å². The molecule has 3 aliphatic rings. The molecule has 404 valence electrons. The predicted molar refractivity (Wildman–Crippen MR) is 271 cm³/mol. The number of esters is 3. The molecule has 0 saturated carbocycles. The Labute approximate surface area is 434 Å². The van der Waals surface area contributed by atoms with Crippen molar-refractivity contribution in [2.75, 3.05) is 6.61 Å². The summed E-state index contributed by atoms with van der Waals surface area (Å²) in [4.78, 5) is 40.2. The van der Waals surface area contributed by atoms with Crippen molar-refractivity contribution in [2.45, 2.75) is 201 Å². The molecule has 0 aromatic heterocycles. The van der Waals surface area contributed by atoms with Crippen LogP contribution in [0.1, 0.15) is 131 Å². The first-order valence-electron chi connectivity index (χ1n) is 24.7. The molecule has 18 heteroatoms. The minimum atomic E-state index is -1.60. The molecule has 13 unspecified atom stereocenters. The van der Waals surface area contributed by atoms with Gasteiger partial charge in [0.2, 0.25) is 0 Å². The maximum Gasteiger partial charge on any atom is 0.342 e. The average molecular weight is 1050 g/mol. The number of aliphatic hydroxyl groups excluding tert-OH is 4. The highest BCUT2D eigenvalue weighted by Gasteiger charge is 2.53. The summed E-state index contributed by atoms with van der Waals surface area (Å²) >= 11 is 12.8. The quantitative estimate of drug-likeness (QED) is 0.0664. The highest BCUT2D eigenvalue weighted by molar-refractivity contribution is 6.38. The van der Waals surface area contributed by atoms with Crippen molar-refractivity contribution in [1.29, 1.82) is 0 Å². The molecule has 2 fully saturated rings. The number of phenolic OH excluding ortho intramolecular Hbond substituents is 1. The van der Waals surface area contributed by atoms with Crippen LogP contribution in [0.3, 0.4) is 0 Å². The van der Waals surface area contributed by atoms with Crippen LogP contribution in [0.25, 0.3) is 0 Å². The summed E-state index contributed by atoms with van der Waals surface area (Å²) in [5.74, 6) is -4.47. The van der Waals surface area contributed by atoms with Crippen LogP contribution in [0.5, 0.6) is 5.75 Å². The number of hydrogen-bond acceptors (Lipinski definition) is 16. The fourth-order valence-electron chi connectivity index (χ4n) is 8.83. The van der Waals surface area contributed by atoms with Crippen molar-refractivity contribution in [2.24, 2.45) is 17.8 Å². The lowest BCUT2D eigenvalue weighted by molar-refractivity contribution is -0.333. The fourth-order valence-corrected chi connectivity index (χ4v) is 9.39. The number of benzene rings is 1. The molecule has 0 spiro atoms. The van der Waals surface area contributed by atoms with Gasteiger partial charge in [0.25, 0.3) is 0 Å². The average Bonchev–Trinajstić information content (AvgIpc) is 3.30. The summed E-state index contributed by atoms with van der Waals surface area (Å²) in [5.41, 5.74) is -0.211. The topological polar surface area (TPSA) is 237 Å². The molecular weight excluding hydrogens is 975 g/mol. The fraction of sp³-hybridized carbons (Fsp3) is 0.648. The van der Waals surface area contributed by atoms with Crippen molar-refractivity contribution >= 4 is 41.1 Å². The number of hydrogen-bond donors (Lipinski definition) is 6. The minimum Gasteiger partial charge on any atom is -0.505 e. The van der Waals surface area contributed by atoms with E-state index in [1.807, 2.05) is 32.9 Å². The first-order valence-corrected chi connectivity index (χ1v) is 25.5. The van der Waals surface area contributed by atoms with Crippen LogP contribution in [-0.4, -0.2) is 134 Å². The van der Waals surface area contributed by atoms with E-state index in [1.165, 1.54) is 19.9 Å². The van der Waals surface area contributed by atoms with E-state index < -0.39 is 114 Å². The van der Waals surface area contributed by atoms with E-state index in [1.54, 1.807) is 80.5 Å². The number of ether oxygens (including phenoxy) is 7. The van der Waals surface area contributed by atoms with Gasteiger partial charge in [0.15, 0.2) is 24.8 Å². The number of carbonyl (C=O) groups excluding carboxylic acids is 3. The molecule has 1 aromatic carbocycles. The van der Waals surface area contributed by atoms with Gasteiger partial charge in [-0.05, 0) is 110 Å². The Kier molecular flexibility index (Phi) is 21.8. The molecule has 3 aliphatic heterocycles. The first-order chi connectivity index (χ1) is 33.5. The van der Waals surface area contributed by atoms with Gasteiger partial charge >= 0.3 is 17.9 Å². The molecule has 2 saturated heterocycles. The lowest BCUT2D eigenvalue weighted by Crippen LogP contribution is -2.64. The number of rotatable bonds is 12. The Morgan fingerprint density at radius 1 is 0.931 bits per heavy atom. The number of aliphatic hydroxyl groups is 5. The second-order valence-electron chi connectivity index (χ2n) is 20.7. The van der Waals surface area contributed by atoms with E-state index in [-0.39, 0.29) is 53.0 Å². The third-order valence-electron chi connectivity index (χ3n) is 13.5. The molecule has 0 radical (unpaired) electrons. The number of aromatic hydroxyl groups is 1. The number of carbonyl (C=O) groups is 3. The third kappa shape index (κ3) is 14.8. The van der Waals surface area contributed by atoms with Crippen LogP contribution >= 0.6 is 23.2 Å². The lowest BCUT2D eigenvalue weighted by Gasteiger charge is -2.47. The highest BCUT2D eigenvalue weighted by atomic mass is 35.5. The van der Waals surface area contributed by atoms with Gasteiger partial charge in [-0.15, -0.1) is 0 Å². The molecule has 0 amide bonds. The summed E-state index contributed by atoms with van der Waals surface area (Å²) < 4.78 is 42.4. The van der Waals surface area contributed by atoms with Crippen molar-refractivity contribution < 1.29 is 78.2 Å². The van der Waals surface area contributed by atoms with E-state index in [9.17, 15) is 45.0 Å². The third-order valence-corrected chi connectivity index (χ3v) is 14.5. The van der Waals surface area contributed by atoms with Gasteiger partial charge in [-0.1, -0.05) is 93.8 Å². The Morgan fingerprint density at radius 3 is 2.18 bits per heavy atom. The normalized spacial score (nSPS) is 34.6. The van der Waals surface area contributed by atoms with E-state index in [4.69, 9.17) is 56.4 Å². The number of phenols is 1. The number of cyclic esters (lactones) is 1. The van der Waals surface area contributed by atoms with Crippen molar-refractivity contribution in [3.63, 3.8) is 0 Å². The monoisotopic (exact) mass is 1050 g/mol. The molecule has 16 nitrogen and oxygen atoms in total. The summed E-state index contributed by atoms with van der Waals surface area (Å²) in [6.45, 7) is 23.3. The van der Waals surface area contributed by atoms with Crippen LogP contribution in [0.2, 0.25) is 10.0 Å². The second-order valence-corrected chi connectivity index (χ2v) is 21.4. The summed E-state index contributed by atoms with van der Waals surface area (Å²) in [7, 11) is 0. The van der Waals surface area contributed by atoms with E-state index in [0.717, 1.165) is 0 Å². The number of allylic oxidation sites excluding steroid dienone is 4. The SMILES string of the molecule is CCc1c(Cl)c(C)c(Cl)c(O)c1C(=O)OC1C(C)OC(OC/C2=C\C=C\CC(O)/C(C)=C/C(CC)C(OC3OC(C)(C)C(OC(=O)C(C)C)C(O)C3O)/C(C)=C/C(C)=C/CC(C(C)(C)O)OC2=O)C(C)C1O. The zero-order chi connectivity index (χ0) is 54.3. The highest BCUT2D eigenvalue weighted by Crippen LogP contribution is 2.41. The van der Waals surface area contributed by atoms with Crippen LogP contribution in [0.4, 0.5) is 0 Å². The zero-order valence-corrected chi connectivity index (χ0v) is 45.6. The van der Waals surface area contributed by atoms with Gasteiger partial charge in [0.05, 0.1) is 47.0 Å². The van der Waals surface area contributed by atoms with E-state index >= 15 is 0 Å². The van der Waals surface area contributed by atoms with Crippen molar-refractivity contribution in [1.82, 2.24) is 0 Å². The van der Waals surface area contributed by atoms with Gasteiger partial charge in [0.1, 0.15) is 41.3 Å². The van der Waals surface area contributed by atoms with E-state index in [2.05, 4.69) is 0 Å². The molecule has 1 aromatic rings. The van der Waals surface area contributed by atoms with Gasteiger partial charge in [-0.25, -0.2) is 9.59 Å². The molecule has 13 atom stereocenters. The summed E-state index contributed by atoms with van der Waals surface area (Å²) in [6.07, 6.45) is -1.75. The Hall–Kier alpha value is -3.65. The first kappa shape index (κ1) is 60.9. The summed E-state index contributed by atoms with van der Waals surface area (Å²) in [6, 6.07) is 0. The number of halogens is 2. The minimum absolute atomic E-state index is 0.0258. The maximum absolute atomic E-state index is 14.1. The van der Waals surface area contributed by atoms with Gasteiger partial charge in [0, 0.05) is 23.3 Å². The van der Waals surface area contributed by atoms with Crippen LogP contribution in [0.15, 0.2) is 58.7 Å². The molecule has 4 rings (SSSR count). The Bertz CT molecular complexity index is 2240. The molecule has 0 bridgehead atoms. The van der Waals surface area contributed by atoms with E-state index in [0.29, 0.717) is 34.3 Å². The predicted octanol–water partition coefficient (Wildman–Crippen LogP) is 7.85. The van der Waals surface area contributed by atoms with Gasteiger partial charge in [-0.2, -0.15) is 0 Å². The summed E-state index contributed by atoms with van der Waals surface area (Å²) in [5, 5.41) is 67.8. The molecule has 72 heavy (non-hydrogen) atoms. The molecular formula is C54H78Cl2O16. The molecule has 6 N–H and O–H groups in total. The molecule has 0 aliphatic carbocycles. The standard InChI is InChI=1S/C54H78Cl2O16/c1-15-33-24-28(6)36(57)20-18-17-19-34(25-66-51-31(9)41(58)46(32(10)67-51)69-50(64)38-35(16-2)39(55)30(8)40(56)42(38)59)49(63)68-37(53(11,12)65)22-21-27(5)23-29(7)45(33)70-52-44(61)43(60)47(54(13,14)72-52)71-48(62)26(3)4/h17-19,21,23-24,26,31-33,36-37,41,43-47,51-52,57-61,65H,15-16,20,22,25H2,1-14H3/b18-17+,27-21+,28-24+,29-23+,34-19+. The maximum atomic E-state index is 14.1. The van der Waals surface area contributed by atoms with Crippen molar-refractivity contribution in [3.05, 3.63) is 85.5 Å². The lowest BCUT2D eigenvalue weighted by atomic mass is 9.88. The smallest absolute Gasteiger partial charge is 0.342 e. The largest absolute Gasteiger partial charge is 0.505 e. The Morgan fingerprint density at radius 2 is 1.58 bits per heavy atom. The van der Waals surface area contributed by atoms with Crippen molar-refractivity contribution in [3.8, 4) is 5.75 Å². The van der Waals surface area contributed by atoms with Crippen LogP contribution < -0.4 is 0 Å². The molecule has 3 heterocycles. The Balaban J connectivity index is 1.61. The zero-order valence-electron chi connectivity index (χ0n) is 44.1. The van der Waals surface area contributed by atoms with Crippen LogP contribution in [0, 0.1) is 24.7 Å². The van der Waals surface area contributed by atoms with Crippen LogP contribution in [-0.2, 0) is 49.2 Å².